The Kier molecular flexibility index (Phi) is 12.6. The van der Waals surface area contributed by atoms with Gasteiger partial charge in [0.2, 0.25) is 0 Å². The van der Waals surface area contributed by atoms with Crippen molar-refractivity contribution in [2.75, 3.05) is 18.1 Å². The second-order valence-corrected chi connectivity index (χ2v) is 11.5. The van der Waals surface area contributed by atoms with Crippen LogP contribution in [-0.2, 0) is 16.0 Å². The molecule has 0 bridgehead atoms. The topological polar surface area (TPSA) is 165 Å². The van der Waals surface area contributed by atoms with Gasteiger partial charge in [0, 0.05) is 40.0 Å². The largest absolute Gasteiger partial charge is 0.462 e. The molecule has 0 amide bonds. The third-order valence-electron chi connectivity index (χ3n) is 7.83. The summed E-state index contributed by atoms with van der Waals surface area (Å²) in [5.74, 6) is -0.566. The van der Waals surface area contributed by atoms with E-state index in [0.29, 0.717) is 63.4 Å². The molecule has 53 heavy (non-hydrogen) atoms. The van der Waals surface area contributed by atoms with Gasteiger partial charge < -0.3 is 25.7 Å². The molecule has 0 aromatic heterocycles. The van der Waals surface area contributed by atoms with Crippen LogP contribution >= 0.6 is 0 Å². The van der Waals surface area contributed by atoms with Crippen molar-refractivity contribution in [3.8, 4) is 11.5 Å². The molecule has 0 atom stereocenters. The van der Waals surface area contributed by atoms with Crippen LogP contribution in [0.5, 0.6) is 11.5 Å². The first-order chi connectivity index (χ1) is 25.7. The molecule has 0 heterocycles. The van der Waals surface area contributed by atoms with Gasteiger partial charge in [0.1, 0.15) is 11.5 Å². The Morgan fingerprint density at radius 2 is 0.962 bits per heavy atom. The number of nitrogens with two attached hydrogens (primary N) is 2. The number of carbonyl (C=O) groups is 5. The minimum absolute atomic E-state index is 0.0525. The number of ketones is 2. The zero-order chi connectivity index (χ0) is 37.6. The van der Waals surface area contributed by atoms with Crippen molar-refractivity contribution in [2.45, 2.75) is 6.42 Å². The number of nitrogen functional groups attached to an aromatic ring is 2. The van der Waals surface area contributed by atoms with Crippen molar-refractivity contribution in [2.24, 2.45) is 0 Å². The maximum Gasteiger partial charge on any atom is 0.343 e. The number of benzene rings is 6. The molecule has 4 N–H and O–H groups in total. The van der Waals surface area contributed by atoms with Crippen molar-refractivity contribution < 1.29 is 38.2 Å². The minimum Gasteiger partial charge on any atom is -0.462 e. The highest BCUT2D eigenvalue weighted by Gasteiger charge is 2.14. The Morgan fingerprint density at radius 1 is 0.509 bits per heavy atom. The number of esters is 2. The fraction of sp³-hybridized carbons (Fsp3) is 0.0465. The van der Waals surface area contributed by atoms with Crippen LogP contribution in [0.15, 0.2) is 152 Å². The van der Waals surface area contributed by atoms with E-state index in [-0.39, 0.29) is 23.9 Å². The first-order valence-electron chi connectivity index (χ1n) is 16.3. The summed E-state index contributed by atoms with van der Waals surface area (Å²) < 4.78 is 15.3. The van der Waals surface area contributed by atoms with E-state index >= 15 is 0 Å². The number of anilines is 2. The van der Waals surface area contributed by atoms with Crippen LogP contribution in [0.3, 0.4) is 0 Å². The third kappa shape index (κ3) is 10.3. The van der Waals surface area contributed by atoms with Crippen molar-refractivity contribution >= 4 is 41.4 Å². The lowest BCUT2D eigenvalue weighted by molar-refractivity contribution is -0.120. The van der Waals surface area contributed by atoms with Gasteiger partial charge >= 0.3 is 11.9 Å². The second-order valence-electron chi connectivity index (χ2n) is 11.5. The molecule has 0 saturated heterocycles. The maximum atomic E-state index is 12.5. The van der Waals surface area contributed by atoms with Gasteiger partial charge in [-0.25, -0.2) is 9.59 Å². The molecule has 10 heteroatoms. The number of ether oxygens (including phenoxy) is 3. The van der Waals surface area contributed by atoms with E-state index in [2.05, 4.69) is 4.74 Å². The Balaban J connectivity index is 0.000000265. The number of hydrogen-bond donors (Lipinski definition) is 2. The summed E-state index contributed by atoms with van der Waals surface area (Å²) in [4.78, 5) is 59.4. The Morgan fingerprint density at radius 3 is 1.49 bits per heavy atom. The monoisotopic (exact) mass is 706 g/mol. The van der Waals surface area contributed by atoms with E-state index in [1.807, 2.05) is 24.3 Å². The van der Waals surface area contributed by atoms with Gasteiger partial charge in [-0.05, 0) is 78.4 Å². The van der Waals surface area contributed by atoms with Crippen LogP contribution in [0.25, 0.3) is 0 Å². The molecule has 10 nitrogen and oxygen atoms in total. The summed E-state index contributed by atoms with van der Waals surface area (Å²) in [5, 5.41) is 0. The average molecular weight is 707 g/mol. The van der Waals surface area contributed by atoms with E-state index in [0.717, 1.165) is 5.56 Å². The molecule has 0 fully saturated rings. The molecular formula is C43H34N2O8. The van der Waals surface area contributed by atoms with Crippen LogP contribution in [0.1, 0.15) is 58.1 Å². The van der Waals surface area contributed by atoms with E-state index in [4.69, 9.17) is 20.9 Å². The van der Waals surface area contributed by atoms with Crippen LogP contribution in [-0.4, -0.2) is 36.6 Å². The van der Waals surface area contributed by atoms with E-state index in [1.165, 1.54) is 36.4 Å². The lowest BCUT2D eigenvalue weighted by atomic mass is 10.0. The molecule has 0 aliphatic heterocycles. The lowest BCUT2D eigenvalue weighted by Gasteiger charge is -2.09. The first-order valence-corrected chi connectivity index (χ1v) is 16.3. The normalized spacial score (nSPS) is 10.2. The minimum atomic E-state index is -0.579. The number of hydrogen-bond acceptors (Lipinski definition) is 10. The molecule has 0 aliphatic rings. The van der Waals surface area contributed by atoms with Gasteiger partial charge in [-0.15, -0.1) is 0 Å². The highest BCUT2D eigenvalue weighted by atomic mass is 16.5. The second kappa shape index (κ2) is 18.1. The van der Waals surface area contributed by atoms with Gasteiger partial charge in [-0.3, -0.25) is 14.4 Å². The summed E-state index contributed by atoms with van der Waals surface area (Å²) in [6.45, 7) is 0.514. The standard InChI is InChI=1S/C29H24N2O5.C14H10O3/c30-24-13-10-19(26(31)18-24)16-17-35-28(33)22-11-14-25(15-12-22)36-29(34)23-8-6-21(7-9-23)27(32)20-4-2-1-3-5-20;15-10-17-13-8-6-12(7-9-13)14(16)11-4-2-1-3-5-11/h1-15,18H,16-17,30-31H2;1-10H. The molecule has 0 aliphatic carbocycles. The highest BCUT2D eigenvalue weighted by molar-refractivity contribution is 6.09. The summed E-state index contributed by atoms with van der Waals surface area (Å²) in [6, 6.07) is 41.9. The zero-order valence-corrected chi connectivity index (χ0v) is 28.3. The first kappa shape index (κ1) is 36.9. The molecular weight excluding hydrogens is 672 g/mol. The summed E-state index contributed by atoms with van der Waals surface area (Å²) in [6.07, 6.45) is 0.462. The molecule has 0 saturated carbocycles. The Hall–Kier alpha value is -7.33. The van der Waals surface area contributed by atoms with Crippen LogP contribution < -0.4 is 20.9 Å². The summed E-state index contributed by atoms with van der Waals surface area (Å²) in [7, 11) is 0. The molecule has 6 aromatic rings. The van der Waals surface area contributed by atoms with Crippen molar-refractivity contribution in [1.82, 2.24) is 0 Å². The molecule has 264 valence electrons. The molecule has 0 radical (unpaired) electrons. The van der Waals surface area contributed by atoms with Gasteiger partial charge in [0.25, 0.3) is 6.47 Å². The number of carbonyl (C=O) groups excluding carboxylic acids is 5. The van der Waals surface area contributed by atoms with E-state index in [1.54, 1.807) is 91.0 Å². The fourth-order valence-corrected chi connectivity index (χ4v) is 5.01. The van der Waals surface area contributed by atoms with Gasteiger partial charge in [0.15, 0.2) is 11.6 Å². The van der Waals surface area contributed by atoms with Crippen molar-refractivity contribution in [3.05, 3.63) is 191 Å². The van der Waals surface area contributed by atoms with Crippen LogP contribution in [0, 0.1) is 0 Å². The SMILES string of the molecule is Nc1ccc(CCOC(=O)c2ccc(OC(=O)c3ccc(C(=O)c4ccccc4)cc3)cc2)c(N)c1.O=COc1ccc(C(=O)c2ccccc2)cc1. The van der Waals surface area contributed by atoms with Crippen LogP contribution in [0.2, 0.25) is 0 Å². The predicted molar refractivity (Wildman–Crippen MR) is 200 cm³/mol. The van der Waals surface area contributed by atoms with Crippen molar-refractivity contribution in [1.29, 1.82) is 0 Å². The van der Waals surface area contributed by atoms with Gasteiger partial charge in [0.05, 0.1) is 17.7 Å². The maximum absolute atomic E-state index is 12.5. The Labute approximate surface area is 305 Å². The molecule has 6 rings (SSSR count). The quantitative estimate of drug-likeness (QED) is 0.0439. The number of rotatable bonds is 12. The van der Waals surface area contributed by atoms with Crippen LogP contribution in [0.4, 0.5) is 11.4 Å². The average Bonchev–Trinajstić information content (AvgIpc) is 3.20. The molecule has 0 spiro atoms. The predicted octanol–water partition coefficient (Wildman–Crippen LogP) is 7.15. The van der Waals surface area contributed by atoms with E-state index < -0.39 is 11.9 Å². The molecule has 0 unspecified atom stereocenters. The zero-order valence-electron chi connectivity index (χ0n) is 28.3. The summed E-state index contributed by atoms with van der Waals surface area (Å²) in [5.41, 5.74) is 16.4. The third-order valence-corrected chi connectivity index (χ3v) is 7.83. The summed E-state index contributed by atoms with van der Waals surface area (Å²) >= 11 is 0. The smallest absolute Gasteiger partial charge is 0.343 e. The van der Waals surface area contributed by atoms with E-state index in [9.17, 15) is 24.0 Å². The Bertz CT molecular complexity index is 2190. The molecule has 6 aromatic carbocycles. The van der Waals surface area contributed by atoms with Crippen molar-refractivity contribution in [3.63, 3.8) is 0 Å². The lowest BCUT2D eigenvalue weighted by Crippen LogP contribution is -2.11. The fourth-order valence-electron chi connectivity index (χ4n) is 5.01. The van der Waals surface area contributed by atoms with Gasteiger partial charge in [-0.2, -0.15) is 0 Å². The highest BCUT2D eigenvalue weighted by Crippen LogP contribution is 2.19. The van der Waals surface area contributed by atoms with Gasteiger partial charge in [-0.1, -0.05) is 78.9 Å².